The summed E-state index contributed by atoms with van der Waals surface area (Å²) < 4.78 is 4.70. The van der Waals surface area contributed by atoms with Crippen molar-refractivity contribution < 1.29 is 19.7 Å². The Kier molecular flexibility index (Phi) is 2.63. The third kappa shape index (κ3) is 1.53. The lowest BCUT2D eigenvalue weighted by molar-refractivity contribution is 0.111. The fourth-order valence-electron chi connectivity index (χ4n) is 0.939. The van der Waals surface area contributed by atoms with Crippen LogP contribution in [0, 0.1) is 0 Å². The molecule has 1 aromatic carbocycles. The number of aldehydes is 1. The van der Waals surface area contributed by atoms with Gasteiger partial charge in [-0.15, -0.1) is 0 Å². The predicted molar refractivity (Wildman–Crippen MR) is 46.7 cm³/mol. The molecular formula is C8H7ClO4. The largest absolute Gasteiger partial charge is 0.507 e. The van der Waals surface area contributed by atoms with E-state index in [1.165, 1.54) is 7.11 Å². The van der Waals surface area contributed by atoms with E-state index < -0.39 is 0 Å². The molecule has 4 nitrogen and oxygen atoms in total. The predicted octanol–water partition coefficient (Wildman–Crippen LogP) is 1.57. The van der Waals surface area contributed by atoms with Crippen molar-refractivity contribution in [1.29, 1.82) is 0 Å². The van der Waals surface area contributed by atoms with Gasteiger partial charge < -0.3 is 14.9 Å². The molecule has 0 spiro atoms. The summed E-state index contributed by atoms with van der Waals surface area (Å²) in [5.41, 5.74) is -0.121. The molecule has 13 heavy (non-hydrogen) atoms. The maximum atomic E-state index is 10.5. The summed E-state index contributed by atoms with van der Waals surface area (Å²) >= 11 is 5.52. The Morgan fingerprint density at radius 2 is 2.15 bits per heavy atom. The van der Waals surface area contributed by atoms with E-state index in [2.05, 4.69) is 0 Å². The molecule has 0 aliphatic rings. The molecule has 1 rings (SSSR count). The van der Waals surface area contributed by atoms with E-state index in [0.29, 0.717) is 6.29 Å². The molecule has 0 aliphatic heterocycles. The van der Waals surface area contributed by atoms with Crippen LogP contribution in [0.5, 0.6) is 17.2 Å². The number of phenolic OH excluding ortho intramolecular Hbond substituents is 2. The second kappa shape index (κ2) is 3.53. The van der Waals surface area contributed by atoms with Crippen LogP contribution in [0.1, 0.15) is 10.4 Å². The topological polar surface area (TPSA) is 66.8 Å². The minimum Gasteiger partial charge on any atom is -0.507 e. The molecule has 70 valence electrons. The first-order valence-corrected chi connectivity index (χ1v) is 3.73. The highest BCUT2D eigenvalue weighted by atomic mass is 35.5. The van der Waals surface area contributed by atoms with Gasteiger partial charge in [-0.05, 0) is 0 Å². The molecule has 0 amide bonds. The summed E-state index contributed by atoms with van der Waals surface area (Å²) in [5, 5.41) is 18.5. The van der Waals surface area contributed by atoms with Crippen LogP contribution in [0.3, 0.4) is 0 Å². The number of aromatic hydroxyl groups is 2. The summed E-state index contributed by atoms with van der Waals surface area (Å²) in [6.07, 6.45) is 0.379. The van der Waals surface area contributed by atoms with Gasteiger partial charge in [0.1, 0.15) is 11.3 Å². The number of rotatable bonds is 2. The third-order valence-electron chi connectivity index (χ3n) is 1.55. The zero-order valence-electron chi connectivity index (χ0n) is 6.74. The number of carbonyl (C=O) groups is 1. The third-order valence-corrected chi connectivity index (χ3v) is 1.84. The maximum absolute atomic E-state index is 10.5. The molecule has 0 unspecified atom stereocenters. The molecule has 5 heteroatoms. The van der Waals surface area contributed by atoms with Gasteiger partial charge >= 0.3 is 0 Å². The van der Waals surface area contributed by atoms with E-state index >= 15 is 0 Å². The average Bonchev–Trinajstić information content (AvgIpc) is 2.10. The molecule has 0 aromatic heterocycles. The molecule has 0 saturated carbocycles. The van der Waals surface area contributed by atoms with Gasteiger partial charge in [0.05, 0.1) is 12.1 Å². The Labute approximate surface area is 79.3 Å². The van der Waals surface area contributed by atoms with E-state index in [-0.39, 0.29) is 27.8 Å². The van der Waals surface area contributed by atoms with Crippen LogP contribution in [0.25, 0.3) is 0 Å². The number of carbonyl (C=O) groups excluding carboxylic acids is 1. The molecular weight excluding hydrogens is 196 g/mol. The first-order chi connectivity index (χ1) is 6.11. The van der Waals surface area contributed by atoms with Gasteiger partial charge in [-0.2, -0.15) is 0 Å². The van der Waals surface area contributed by atoms with Crippen molar-refractivity contribution in [3.8, 4) is 17.2 Å². The normalized spacial score (nSPS) is 9.69. The highest BCUT2D eigenvalue weighted by molar-refractivity contribution is 6.32. The Hall–Kier alpha value is -1.42. The van der Waals surface area contributed by atoms with Crippen LogP contribution in [-0.4, -0.2) is 23.6 Å². The van der Waals surface area contributed by atoms with Crippen molar-refractivity contribution in [3.05, 3.63) is 16.7 Å². The second-order valence-electron chi connectivity index (χ2n) is 2.29. The Bertz CT molecular complexity index is 348. The minimum absolute atomic E-state index is 0.0695. The number of ether oxygens (including phenoxy) is 1. The lowest BCUT2D eigenvalue weighted by atomic mass is 10.2. The van der Waals surface area contributed by atoms with Crippen LogP contribution in [0.4, 0.5) is 0 Å². The monoisotopic (exact) mass is 202 g/mol. The van der Waals surface area contributed by atoms with Crippen LogP contribution < -0.4 is 4.74 Å². The highest BCUT2D eigenvalue weighted by Gasteiger charge is 2.16. The van der Waals surface area contributed by atoms with Crippen LogP contribution in [-0.2, 0) is 0 Å². The van der Waals surface area contributed by atoms with Crippen molar-refractivity contribution in [3.63, 3.8) is 0 Å². The lowest BCUT2D eigenvalue weighted by Gasteiger charge is -2.08. The zero-order chi connectivity index (χ0) is 10.0. The summed E-state index contributed by atoms with van der Waals surface area (Å²) in [6, 6.07) is 1.07. The van der Waals surface area contributed by atoms with Gasteiger partial charge in [-0.3, -0.25) is 4.79 Å². The Morgan fingerprint density at radius 1 is 1.54 bits per heavy atom. The molecule has 1 aromatic rings. The molecule has 0 heterocycles. The van der Waals surface area contributed by atoms with Crippen molar-refractivity contribution in [2.45, 2.75) is 0 Å². The maximum Gasteiger partial charge on any atom is 0.177 e. The summed E-state index contributed by atoms with van der Waals surface area (Å²) in [4.78, 5) is 10.5. The standard InChI is InChI=1S/C8H7ClO4/c1-13-8-4(3-10)6(11)2-5(9)7(8)12/h2-3,11-12H,1H3. The van der Waals surface area contributed by atoms with E-state index in [9.17, 15) is 15.0 Å². The molecule has 0 atom stereocenters. The Balaban J connectivity index is 3.50. The highest BCUT2D eigenvalue weighted by Crippen LogP contribution is 2.40. The molecule has 0 saturated heterocycles. The fourth-order valence-corrected chi connectivity index (χ4v) is 1.13. The quantitative estimate of drug-likeness (QED) is 0.564. The second-order valence-corrected chi connectivity index (χ2v) is 2.70. The number of benzene rings is 1. The molecule has 0 fully saturated rings. The Morgan fingerprint density at radius 3 is 2.62 bits per heavy atom. The van der Waals surface area contributed by atoms with Crippen molar-refractivity contribution >= 4 is 17.9 Å². The number of phenols is 2. The van der Waals surface area contributed by atoms with Gasteiger partial charge in [0.15, 0.2) is 17.8 Å². The SMILES string of the molecule is COc1c(O)c(Cl)cc(O)c1C=O. The van der Waals surface area contributed by atoms with Crippen LogP contribution in [0.2, 0.25) is 5.02 Å². The molecule has 0 aliphatic carbocycles. The number of hydrogen-bond acceptors (Lipinski definition) is 4. The smallest absolute Gasteiger partial charge is 0.177 e. The van der Waals surface area contributed by atoms with Crippen LogP contribution >= 0.6 is 11.6 Å². The van der Waals surface area contributed by atoms with Gasteiger partial charge in [0.2, 0.25) is 0 Å². The van der Waals surface area contributed by atoms with Crippen molar-refractivity contribution in [2.75, 3.05) is 7.11 Å². The molecule has 0 radical (unpaired) electrons. The van der Waals surface area contributed by atoms with E-state index in [1.807, 2.05) is 0 Å². The number of methoxy groups -OCH3 is 1. The van der Waals surface area contributed by atoms with Gasteiger partial charge in [-0.1, -0.05) is 11.6 Å². The number of halogens is 1. The summed E-state index contributed by atoms with van der Waals surface area (Å²) in [6.45, 7) is 0. The van der Waals surface area contributed by atoms with E-state index in [1.54, 1.807) is 0 Å². The van der Waals surface area contributed by atoms with Gasteiger partial charge in [-0.25, -0.2) is 0 Å². The van der Waals surface area contributed by atoms with Gasteiger partial charge in [0.25, 0.3) is 0 Å². The van der Waals surface area contributed by atoms with Crippen molar-refractivity contribution in [2.24, 2.45) is 0 Å². The average molecular weight is 203 g/mol. The molecule has 2 N–H and O–H groups in total. The van der Waals surface area contributed by atoms with Crippen LogP contribution in [0.15, 0.2) is 6.07 Å². The fraction of sp³-hybridized carbons (Fsp3) is 0.125. The summed E-state index contributed by atoms with van der Waals surface area (Å²) in [5.74, 6) is -0.807. The number of hydrogen-bond donors (Lipinski definition) is 2. The molecule has 0 bridgehead atoms. The lowest BCUT2D eigenvalue weighted by Crippen LogP contribution is -1.92. The first kappa shape index (κ1) is 9.67. The van der Waals surface area contributed by atoms with Crippen molar-refractivity contribution in [1.82, 2.24) is 0 Å². The zero-order valence-corrected chi connectivity index (χ0v) is 7.50. The first-order valence-electron chi connectivity index (χ1n) is 3.35. The van der Waals surface area contributed by atoms with E-state index in [0.717, 1.165) is 6.07 Å². The van der Waals surface area contributed by atoms with Gasteiger partial charge in [0, 0.05) is 6.07 Å². The summed E-state index contributed by atoms with van der Waals surface area (Å²) in [7, 11) is 1.26. The van der Waals surface area contributed by atoms with E-state index in [4.69, 9.17) is 16.3 Å². The minimum atomic E-state index is -0.357.